The van der Waals surface area contributed by atoms with Crippen LogP contribution in [0.5, 0.6) is 0 Å². The maximum atomic E-state index is 13.2. The quantitative estimate of drug-likeness (QED) is 0.764. The lowest BCUT2D eigenvalue weighted by molar-refractivity contribution is 0.198. The van der Waals surface area contributed by atoms with E-state index in [0.29, 0.717) is 18.5 Å². The molecule has 3 heterocycles. The minimum atomic E-state index is -3.44. The Labute approximate surface area is 180 Å². The van der Waals surface area contributed by atoms with Crippen LogP contribution in [-0.2, 0) is 9.84 Å². The van der Waals surface area contributed by atoms with Crippen LogP contribution in [0.4, 0.5) is 14.9 Å². The number of likely N-dealkylation sites (tertiary alicyclic amines) is 1. The van der Waals surface area contributed by atoms with Crippen molar-refractivity contribution in [3.63, 3.8) is 0 Å². The lowest BCUT2D eigenvalue weighted by Crippen LogP contribution is -2.47. The molecule has 2 aromatic rings. The zero-order valence-electron chi connectivity index (χ0n) is 17.3. The van der Waals surface area contributed by atoms with Crippen LogP contribution in [0.25, 0.3) is 0 Å². The first-order valence-corrected chi connectivity index (χ1v) is 12.0. The van der Waals surface area contributed by atoms with Crippen molar-refractivity contribution < 1.29 is 17.6 Å². The van der Waals surface area contributed by atoms with Crippen LogP contribution in [-0.4, -0.2) is 55.4 Å². The minimum absolute atomic E-state index is 0.00551. The normalized spacial score (nSPS) is 21.3. The van der Waals surface area contributed by atoms with Gasteiger partial charge in [-0.3, -0.25) is 5.01 Å². The lowest BCUT2D eigenvalue weighted by Gasteiger charge is -2.27. The molecule has 3 atom stereocenters. The monoisotopic (exact) mass is 445 g/mol. The number of hydrazone groups is 1. The number of aromatic nitrogens is 1. The van der Waals surface area contributed by atoms with Crippen LogP contribution < -0.4 is 10.3 Å². The summed E-state index contributed by atoms with van der Waals surface area (Å²) in [5.74, 6) is -0.309. The van der Waals surface area contributed by atoms with Crippen molar-refractivity contribution in [1.82, 2.24) is 15.2 Å². The Morgan fingerprint density at radius 3 is 2.71 bits per heavy atom. The summed E-state index contributed by atoms with van der Waals surface area (Å²) >= 11 is 0. The molecule has 1 saturated heterocycles. The van der Waals surface area contributed by atoms with Crippen molar-refractivity contribution in [3.8, 4) is 0 Å². The fourth-order valence-electron chi connectivity index (χ4n) is 4.06. The number of sulfone groups is 1. The molecule has 0 aliphatic carbocycles. The number of benzene rings is 1. The molecule has 2 unspecified atom stereocenters. The van der Waals surface area contributed by atoms with Gasteiger partial charge in [-0.1, -0.05) is 6.92 Å². The number of amides is 2. The molecule has 8 nitrogen and oxygen atoms in total. The molecule has 0 radical (unpaired) electrons. The van der Waals surface area contributed by atoms with E-state index in [4.69, 9.17) is 0 Å². The first-order valence-electron chi connectivity index (χ1n) is 10.1. The topological polar surface area (TPSA) is 95.0 Å². The molecule has 0 saturated carbocycles. The highest BCUT2D eigenvalue weighted by Gasteiger charge is 2.43. The van der Waals surface area contributed by atoms with E-state index >= 15 is 0 Å². The van der Waals surface area contributed by atoms with Crippen molar-refractivity contribution in [1.29, 1.82) is 0 Å². The van der Waals surface area contributed by atoms with Crippen molar-refractivity contribution in [2.75, 3.05) is 17.8 Å². The number of carbonyl (C=O) groups is 1. The molecule has 164 valence electrons. The van der Waals surface area contributed by atoms with Crippen LogP contribution in [0, 0.1) is 5.82 Å². The van der Waals surface area contributed by atoms with Crippen LogP contribution in [0.2, 0.25) is 0 Å². The molecule has 2 aliphatic rings. The van der Waals surface area contributed by atoms with Crippen LogP contribution in [0.3, 0.4) is 0 Å². The van der Waals surface area contributed by atoms with Crippen molar-refractivity contribution in [2.24, 2.45) is 5.10 Å². The number of hydrogen-bond donors (Lipinski definition) is 1. The Balaban J connectivity index is 1.47. The molecule has 1 aromatic carbocycles. The van der Waals surface area contributed by atoms with Crippen LogP contribution >= 0.6 is 0 Å². The number of fused-ring (bicyclic) bond motifs is 1. The average molecular weight is 446 g/mol. The van der Waals surface area contributed by atoms with E-state index in [0.717, 1.165) is 18.4 Å². The summed E-state index contributed by atoms with van der Waals surface area (Å²) in [4.78, 5) is 18.7. The predicted octanol–water partition coefficient (Wildman–Crippen LogP) is 2.73. The van der Waals surface area contributed by atoms with Gasteiger partial charge in [-0.05, 0) is 54.8 Å². The van der Waals surface area contributed by atoms with Gasteiger partial charge in [0.2, 0.25) is 0 Å². The third-order valence-corrected chi connectivity index (χ3v) is 6.66. The predicted molar refractivity (Wildman–Crippen MR) is 115 cm³/mol. The summed E-state index contributed by atoms with van der Waals surface area (Å²) in [5.41, 5.74) is 1.47. The smallest absolute Gasteiger partial charge is 0.318 e. The highest BCUT2D eigenvalue weighted by molar-refractivity contribution is 7.90. The summed E-state index contributed by atoms with van der Waals surface area (Å²) < 4.78 is 36.9. The number of rotatable bonds is 5. The van der Waals surface area contributed by atoms with Crippen molar-refractivity contribution in [2.45, 2.75) is 42.9 Å². The molecule has 2 amide bonds. The van der Waals surface area contributed by atoms with E-state index in [9.17, 15) is 17.6 Å². The summed E-state index contributed by atoms with van der Waals surface area (Å²) in [6, 6.07) is 8.58. The lowest BCUT2D eigenvalue weighted by atomic mass is 10.1. The molecular formula is C21H24FN5O3S. The molecular weight excluding hydrogens is 421 g/mol. The number of hydrogen-bond acceptors (Lipinski definition) is 6. The number of anilines is 1. The van der Waals surface area contributed by atoms with E-state index in [-0.39, 0.29) is 35.0 Å². The first kappa shape index (κ1) is 21.2. The van der Waals surface area contributed by atoms with Gasteiger partial charge in [0.25, 0.3) is 0 Å². The van der Waals surface area contributed by atoms with Crippen LogP contribution in [0.1, 0.15) is 31.4 Å². The van der Waals surface area contributed by atoms with Gasteiger partial charge in [-0.25, -0.2) is 22.6 Å². The molecule has 4 rings (SSSR count). The number of urea groups is 1. The zero-order chi connectivity index (χ0) is 22.2. The number of nitrogens with zero attached hydrogens (tertiary/aromatic N) is 4. The van der Waals surface area contributed by atoms with Crippen molar-refractivity contribution in [3.05, 3.63) is 54.0 Å². The Morgan fingerprint density at radius 1 is 1.29 bits per heavy atom. The molecule has 1 fully saturated rings. The average Bonchev–Trinajstić information content (AvgIpc) is 3.34. The Morgan fingerprint density at radius 2 is 2.03 bits per heavy atom. The number of halogens is 1. The summed E-state index contributed by atoms with van der Waals surface area (Å²) in [6.45, 7) is 2.48. The van der Waals surface area contributed by atoms with E-state index in [1.54, 1.807) is 29.3 Å². The van der Waals surface area contributed by atoms with E-state index in [2.05, 4.69) is 15.4 Å². The van der Waals surface area contributed by atoms with Gasteiger partial charge in [-0.15, -0.1) is 0 Å². The van der Waals surface area contributed by atoms with Gasteiger partial charge >= 0.3 is 6.03 Å². The van der Waals surface area contributed by atoms with Gasteiger partial charge < -0.3 is 10.2 Å². The third kappa shape index (κ3) is 4.25. The highest BCUT2D eigenvalue weighted by Crippen LogP contribution is 2.32. The Kier molecular flexibility index (Phi) is 5.65. The summed E-state index contributed by atoms with van der Waals surface area (Å²) in [6.07, 6.45) is 5.62. The first-order chi connectivity index (χ1) is 14.8. The molecule has 31 heavy (non-hydrogen) atoms. The van der Waals surface area contributed by atoms with Gasteiger partial charge in [0.05, 0.1) is 23.8 Å². The minimum Gasteiger partial charge on any atom is -0.331 e. The highest BCUT2D eigenvalue weighted by atomic mass is 32.2. The summed E-state index contributed by atoms with van der Waals surface area (Å²) in [7, 11) is -3.44. The van der Waals surface area contributed by atoms with E-state index < -0.39 is 9.84 Å². The van der Waals surface area contributed by atoms with Gasteiger partial charge in [-0.2, -0.15) is 5.10 Å². The molecule has 0 bridgehead atoms. The number of carbonyl (C=O) groups excluding carboxylic acids is 1. The second-order valence-electron chi connectivity index (χ2n) is 7.74. The second-order valence-corrected chi connectivity index (χ2v) is 9.70. The largest absolute Gasteiger partial charge is 0.331 e. The van der Waals surface area contributed by atoms with Crippen molar-refractivity contribution >= 4 is 27.8 Å². The fourth-order valence-corrected chi connectivity index (χ4v) is 4.66. The second kappa shape index (κ2) is 8.26. The van der Waals surface area contributed by atoms with Gasteiger partial charge in [0, 0.05) is 25.2 Å². The maximum absolute atomic E-state index is 13.2. The third-order valence-electron chi connectivity index (χ3n) is 5.68. The van der Waals surface area contributed by atoms with Crippen LogP contribution in [0.15, 0.2) is 52.7 Å². The Hall–Kier alpha value is -3.01. The van der Waals surface area contributed by atoms with E-state index in [1.165, 1.54) is 24.4 Å². The zero-order valence-corrected chi connectivity index (χ0v) is 18.1. The molecule has 1 aromatic heterocycles. The maximum Gasteiger partial charge on any atom is 0.318 e. The number of nitrogens with one attached hydrogen (secondary N) is 1. The molecule has 10 heteroatoms. The van der Waals surface area contributed by atoms with E-state index in [1.807, 2.05) is 11.9 Å². The standard InChI is InChI=1S/C21H24FN5O3S/c1-3-17(14-8-10-23-20(12-14)31(2,29)30)25-21(28)26-11-9-18-19(26)13-24-27(18)16-6-4-15(22)5-7-16/h4-8,10,12-13,17-19H,3,9,11H2,1-2H3,(H,25,28)/t17-,18?,19?/m0/s1. The molecule has 1 N–H and O–H groups in total. The fraction of sp³-hybridized carbons (Fsp3) is 0.381. The SMILES string of the molecule is CC[C@H](NC(=O)N1CCC2C1C=NN2c1ccc(F)cc1)c1ccnc(S(C)(=O)=O)c1. The van der Waals surface area contributed by atoms with Gasteiger partial charge in [0.1, 0.15) is 5.82 Å². The summed E-state index contributed by atoms with van der Waals surface area (Å²) in [5, 5.41) is 9.26. The van der Waals surface area contributed by atoms with Gasteiger partial charge in [0.15, 0.2) is 14.9 Å². The molecule has 2 aliphatic heterocycles. The Bertz CT molecular complexity index is 1110. The molecule has 0 spiro atoms. The number of pyridine rings is 1.